The van der Waals surface area contributed by atoms with Crippen molar-refractivity contribution in [1.82, 2.24) is 10.6 Å². The van der Waals surface area contributed by atoms with Gasteiger partial charge >= 0.3 is 0 Å². The van der Waals surface area contributed by atoms with Gasteiger partial charge in [-0.25, -0.2) is 4.39 Å². The molecule has 0 amide bonds. The predicted octanol–water partition coefficient (Wildman–Crippen LogP) is 3.07. The summed E-state index contributed by atoms with van der Waals surface area (Å²) in [5.41, 5.74) is 0.660. The fourth-order valence-corrected chi connectivity index (χ4v) is 2.61. The molecule has 0 atom stereocenters. The van der Waals surface area contributed by atoms with Crippen LogP contribution >= 0.6 is 0 Å². The van der Waals surface area contributed by atoms with E-state index >= 15 is 0 Å². The molecule has 0 spiro atoms. The fraction of sp³-hybridized carbons (Fsp3) is 0.562. The zero-order valence-corrected chi connectivity index (χ0v) is 12.3. The molecule has 3 nitrogen and oxygen atoms in total. The SMILES string of the molecule is CN=C(NCc1ccccc1F)NC1CCC(C)CC1. The molecule has 0 bridgehead atoms. The van der Waals surface area contributed by atoms with Crippen LogP contribution in [0.5, 0.6) is 0 Å². The van der Waals surface area contributed by atoms with E-state index in [0.717, 1.165) is 11.9 Å². The molecule has 0 heterocycles. The molecule has 0 aliphatic heterocycles. The molecule has 1 aromatic carbocycles. The van der Waals surface area contributed by atoms with Crippen molar-refractivity contribution in [3.05, 3.63) is 35.6 Å². The molecule has 0 aromatic heterocycles. The van der Waals surface area contributed by atoms with E-state index in [9.17, 15) is 4.39 Å². The summed E-state index contributed by atoms with van der Waals surface area (Å²) in [5.74, 6) is 1.41. The third-order valence-electron chi connectivity index (χ3n) is 3.98. The van der Waals surface area contributed by atoms with E-state index in [0.29, 0.717) is 18.2 Å². The lowest BCUT2D eigenvalue weighted by atomic mass is 9.87. The fourth-order valence-electron chi connectivity index (χ4n) is 2.61. The quantitative estimate of drug-likeness (QED) is 0.658. The summed E-state index contributed by atoms with van der Waals surface area (Å²) >= 11 is 0. The van der Waals surface area contributed by atoms with Crippen LogP contribution in [0.1, 0.15) is 38.2 Å². The molecular weight excluding hydrogens is 253 g/mol. The monoisotopic (exact) mass is 277 g/mol. The Labute approximate surface area is 120 Å². The summed E-state index contributed by atoms with van der Waals surface area (Å²) in [6.45, 7) is 2.76. The van der Waals surface area contributed by atoms with Gasteiger partial charge in [0.1, 0.15) is 5.82 Å². The van der Waals surface area contributed by atoms with Crippen molar-refractivity contribution in [2.24, 2.45) is 10.9 Å². The maximum Gasteiger partial charge on any atom is 0.191 e. The Bertz CT molecular complexity index is 451. The first-order valence-corrected chi connectivity index (χ1v) is 7.39. The zero-order chi connectivity index (χ0) is 14.4. The number of hydrogen-bond acceptors (Lipinski definition) is 1. The first kappa shape index (κ1) is 14.8. The molecule has 1 fully saturated rings. The van der Waals surface area contributed by atoms with E-state index in [1.807, 2.05) is 6.07 Å². The summed E-state index contributed by atoms with van der Waals surface area (Å²) in [7, 11) is 1.75. The second-order valence-electron chi connectivity index (χ2n) is 5.62. The van der Waals surface area contributed by atoms with E-state index in [2.05, 4.69) is 22.5 Å². The number of halogens is 1. The maximum absolute atomic E-state index is 13.5. The third-order valence-corrected chi connectivity index (χ3v) is 3.98. The Morgan fingerprint density at radius 2 is 1.95 bits per heavy atom. The van der Waals surface area contributed by atoms with Crippen LogP contribution in [0, 0.1) is 11.7 Å². The lowest BCUT2D eigenvalue weighted by Gasteiger charge is -2.28. The second kappa shape index (κ2) is 7.27. The molecule has 1 saturated carbocycles. The number of nitrogens with zero attached hydrogens (tertiary/aromatic N) is 1. The van der Waals surface area contributed by atoms with Crippen molar-refractivity contribution in [3.8, 4) is 0 Å². The second-order valence-corrected chi connectivity index (χ2v) is 5.62. The van der Waals surface area contributed by atoms with Crippen LogP contribution in [0.25, 0.3) is 0 Å². The lowest BCUT2D eigenvalue weighted by molar-refractivity contribution is 0.329. The Kier molecular flexibility index (Phi) is 5.39. The van der Waals surface area contributed by atoms with Crippen LogP contribution in [0.3, 0.4) is 0 Å². The summed E-state index contributed by atoms with van der Waals surface area (Å²) in [5, 5.41) is 6.62. The van der Waals surface area contributed by atoms with Gasteiger partial charge in [0.25, 0.3) is 0 Å². The standard InChI is InChI=1S/C16H24FN3/c1-12-7-9-14(10-8-12)20-16(18-2)19-11-13-5-3-4-6-15(13)17/h3-6,12,14H,7-11H2,1-2H3,(H2,18,19,20). The molecule has 0 radical (unpaired) electrons. The molecular formula is C16H24FN3. The van der Waals surface area contributed by atoms with Crippen molar-refractivity contribution in [2.75, 3.05) is 7.05 Å². The normalized spacial score (nSPS) is 23.4. The van der Waals surface area contributed by atoms with E-state index < -0.39 is 0 Å². The van der Waals surface area contributed by atoms with Crippen LogP contribution in [0.2, 0.25) is 0 Å². The van der Waals surface area contributed by atoms with Gasteiger partial charge in [-0.05, 0) is 37.7 Å². The Balaban J connectivity index is 1.83. The molecule has 20 heavy (non-hydrogen) atoms. The first-order valence-electron chi connectivity index (χ1n) is 7.39. The number of nitrogens with one attached hydrogen (secondary N) is 2. The van der Waals surface area contributed by atoms with Crippen LogP contribution in [-0.4, -0.2) is 19.0 Å². The molecule has 0 saturated heterocycles. The van der Waals surface area contributed by atoms with Crippen molar-refractivity contribution in [1.29, 1.82) is 0 Å². The van der Waals surface area contributed by atoms with Gasteiger partial charge in [0.2, 0.25) is 0 Å². The minimum Gasteiger partial charge on any atom is -0.354 e. The molecule has 1 aliphatic rings. The third kappa shape index (κ3) is 4.22. The predicted molar refractivity (Wildman–Crippen MR) is 81.2 cm³/mol. The molecule has 2 rings (SSSR count). The van der Waals surface area contributed by atoms with Gasteiger partial charge in [-0.2, -0.15) is 0 Å². The van der Waals surface area contributed by atoms with Crippen LogP contribution in [-0.2, 0) is 6.54 Å². The van der Waals surface area contributed by atoms with Gasteiger partial charge in [-0.1, -0.05) is 25.1 Å². The number of rotatable bonds is 3. The van der Waals surface area contributed by atoms with Crippen molar-refractivity contribution in [2.45, 2.75) is 45.2 Å². The van der Waals surface area contributed by atoms with E-state index in [-0.39, 0.29) is 5.82 Å². The lowest BCUT2D eigenvalue weighted by Crippen LogP contribution is -2.44. The minimum atomic E-state index is -0.179. The molecule has 110 valence electrons. The average Bonchev–Trinajstić information content (AvgIpc) is 2.47. The molecule has 4 heteroatoms. The molecule has 1 aromatic rings. The summed E-state index contributed by atoms with van der Waals surface area (Å²) in [4.78, 5) is 4.22. The highest BCUT2D eigenvalue weighted by atomic mass is 19.1. The average molecular weight is 277 g/mol. The number of aliphatic imine (C=N–C) groups is 1. The van der Waals surface area contributed by atoms with Gasteiger partial charge in [0.15, 0.2) is 5.96 Å². The van der Waals surface area contributed by atoms with Crippen LogP contribution in [0.15, 0.2) is 29.3 Å². The van der Waals surface area contributed by atoms with Gasteiger partial charge in [0, 0.05) is 25.2 Å². The Morgan fingerprint density at radius 1 is 1.25 bits per heavy atom. The summed E-state index contributed by atoms with van der Waals surface area (Å²) in [6.07, 6.45) is 4.90. The smallest absolute Gasteiger partial charge is 0.191 e. The Morgan fingerprint density at radius 3 is 2.60 bits per heavy atom. The van der Waals surface area contributed by atoms with Crippen molar-refractivity contribution in [3.63, 3.8) is 0 Å². The Hall–Kier alpha value is -1.58. The van der Waals surface area contributed by atoms with E-state index in [1.54, 1.807) is 19.2 Å². The van der Waals surface area contributed by atoms with E-state index in [4.69, 9.17) is 0 Å². The highest BCUT2D eigenvalue weighted by molar-refractivity contribution is 5.79. The maximum atomic E-state index is 13.5. The van der Waals surface area contributed by atoms with Gasteiger partial charge in [-0.15, -0.1) is 0 Å². The molecule has 0 unspecified atom stereocenters. The van der Waals surface area contributed by atoms with Crippen LogP contribution < -0.4 is 10.6 Å². The zero-order valence-electron chi connectivity index (χ0n) is 12.3. The van der Waals surface area contributed by atoms with Crippen molar-refractivity contribution >= 4 is 5.96 Å². The van der Waals surface area contributed by atoms with Crippen LogP contribution in [0.4, 0.5) is 4.39 Å². The van der Waals surface area contributed by atoms with Crippen molar-refractivity contribution < 1.29 is 4.39 Å². The first-order chi connectivity index (χ1) is 9.69. The minimum absolute atomic E-state index is 0.179. The molecule has 2 N–H and O–H groups in total. The summed E-state index contributed by atoms with van der Waals surface area (Å²) < 4.78 is 13.5. The highest BCUT2D eigenvalue weighted by Gasteiger charge is 2.18. The number of guanidine groups is 1. The topological polar surface area (TPSA) is 36.4 Å². The van der Waals surface area contributed by atoms with Gasteiger partial charge in [-0.3, -0.25) is 4.99 Å². The highest BCUT2D eigenvalue weighted by Crippen LogP contribution is 2.23. The molecule has 1 aliphatic carbocycles. The number of hydrogen-bond donors (Lipinski definition) is 2. The van der Waals surface area contributed by atoms with Gasteiger partial charge < -0.3 is 10.6 Å². The summed E-state index contributed by atoms with van der Waals surface area (Å²) in [6, 6.07) is 7.31. The largest absolute Gasteiger partial charge is 0.354 e. The van der Waals surface area contributed by atoms with Gasteiger partial charge in [0.05, 0.1) is 0 Å². The van der Waals surface area contributed by atoms with E-state index in [1.165, 1.54) is 31.7 Å². The number of benzene rings is 1.